The first kappa shape index (κ1) is 11.9. The molecule has 0 aliphatic carbocycles. The van der Waals surface area contributed by atoms with Crippen LogP contribution in [0.25, 0.3) is 0 Å². The Kier molecular flexibility index (Phi) is 3.82. The third-order valence-electron chi connectivity index (χ3n) is 3.81. The zero-order chi connectivity index (χ0) is 11.5. The van der Waals surface area contributed by atoms with Crippen LogP contribution >= 0.6 is 0 Å². The van der Waals surface area contributed by atoms with Crippen molar-refractivity contribution in [2.75, 3.05) is 26.2 Å². The molecule has 2 unspecified atom stereocenters. The highest BCUT2D eigenvalue weighted by Crippen LogP contribution is 2.20. The molecule has 0 bridgehead atoms. The van der Waals surface area contributed by atoms with Crippen LogP contribution in [0.4, 0.5) is 0 Å². The summed E-state index contributed by atoms with van der Waals surface area (Å²) in [7, 11) is 0. The Morgan fingerprint density at radius 3 is 2.56 bits per heavy atom. The highest BCUT2D eigenvalue weighted by molar-refractivity contribution is 5.73. The lowest BCUT2D eigenvalue weighted by atomic mass is 9.88. The highest BCUT2D eigenvalue weighted by atomic mass is 16.2. The fourth-order valence-corrected chi connectivity index (χ4v) is 2.90. The lowest BCUT2D eigenvalue weighted by Gasteiger charge is -2.42. The van der Waals surface area contributed by atoms with Crippen molar-refractivity contribution in [1.29, 1.82) is 0 Å². The van der Waals surface area contributed by atoms with Gasteiger partial charge in [-0.2, -0.15) is 0 Å². The maximum Gasteiger partial charge on any atom is 0.219 e. The van der Waals surface area contributed by atoms with Gasteiger partial charge in [-0.3, -0.25) is 4.79 Å². The van der Waals surface area contributed by atoms with Gasteiger partial charge in [0.15, 0.2) is 0 Å². The summed E-state index contributed by atoms with van der Waals surface area (Å²) in [5, 5.41) is 7.04. The molecule has 2 saturated heterocycles. The number of carbonyl (C=O) groups is 1. The van der Waals surface area contributed by atoms with Gasteiger partial charge in [0.2, 0.25) is 5.91 Å². The van der Waals surface area contributed by atoms with E-state index in [4.69, 9.17) is 0 Å². The molecule has 0 aromatic heterocycles. The fourth-order valence-electron chi connectivity index (χ4n) is 2.90. The maximum atomic E-state index is 11.5. The molecule has 2 N–H and O–H groups in total. The molecule has 2 aliphatic heterocycles. The summed E-state index contributed by atoms with van der Waals surface area (Å²) in [6.07, 6.45) is 2.46. The SMILES string of the molecule is CC(=O)N1CC(C)NC(C2CCNCC2)C1. The first-order valence-corrected chi connectivity index (χ1v) is 6.39. The van der Waals surface area contributed by atoms with Gasteiger partial charge in [-0.15, -0.1) is 0 Å². The van der Waals surface area contributed by atoms with Crippen molar-refractivity contribution in [3.63, 3.8) is 0 Å². The third-order valence-corrected chi connectivity index (χ3v) is 3.81. The monoisotopic (exact) mass is 225 g/mol. The minimum atomic E-state index is 0.215. The normalized spacial score (nSPS) is 32.8. The van der Waals surface area contributed by atoms with E-state index in [1.807, 2.05) is 4.90 Å². The first-order valence-electron chi connectivity index (χ1n) is 6.39. The van der Waals surface area contributed by atoms with Crippen molar-refractivity contribution < 1.29 is 4.79 Å². The van der Waals surface area contributed by atoms with Crippen LogP contribution in [0, 0.1) is 5.92 Å². The smallest absolute Gasteiger partial charge is 0.219 e. The van der Waals surface area contributed by atoms with E-state index < -0.39 is 0 Å². The quantitative estimate of drug-likeness (QED) is 0.670. The van der Waals surface area contributed by atoms with Gasteiger partial charge in [-0.25, -0.2) is 0 Å². The first-order chi connectivity index (χ1) is 7.66. The van der Waals surface area contributed by atoms with Crippen LogP contribution < -0.4 is 10.6 Å². The topological polar surface area (TPSA) is 44.4 Å². The van der Waals surface area contributed by atoms with Gasteiger partial charge in [-0.1, -0.05) is 0 Å². The Labute approximate surface area is 97.8 Å². The van der Waals surface area contributed by atoms with E-state index in [9.17, 15) is 4.79 Å². The van der Waals surface area contributed by atoms with Crippen molar-refractivity contribution in [2.24, 2.45) is 5.92 Å². The van der Waals surface area contributed by atoms with E-state index in [1.165, 1.54) is 12.8 Å². The molecule has 92 valence electrons. The van der Waals surface area contributed by atoms with Crippen LogP contribution in [0.3, 0.4) is 0 Å². The standard InChI is InChI=1S/C12H23N3O/c1-9-7-15(10(2)16)8-12(14-9)11-3-5-13-6-4-11/h9,11-14H,3-8H2,1-2H3. The summed E-state index contributed by atoms with van der Waals surface area (Å²) in [6.45, 7) is 7.84. The van der Waals surface area contributed by atoms with Crippen LogP contribution in [0.2, 0.25) is 0 Å². The number of nitrogens with zero attached hydrogens (tertiary/aromatic N) is 1. The molecule has 4 nitrogen and oxygen atoms in total. The summed E-state index contributed by atoms with van der Waals surface area (Å²) in [5.41, 5.74) is 0. The molecule has 2 heterocycles. The second kappa shape index (κ2) is 5.15. The minimum Gasteiger partial charge on any atom is -0.340 e. The number of hydrogen-bond donors (Lipinski definition) is 2. The van der Waals surface area contributed by atoms with Gasteiger partial charge in [0.05, 0.1) is 0 Å². The predicted octanol–water partition coefficient (Wildman–Crippen LogP) is 0.195. The molecule has 4 heteroatoms. The molecule has 2 rings (SSSR count). The van der Waals surface area contributed by atoms with Crippen molar-refractivity contribution in [2.45, 2.75) is 38.8 Å². The Morgan fingerprint density at radius 2 is 1.94 bits per heavy atom. The third kappa shape index (κ3) is 2.74. The molecular formula is C12H23N3O. The van der Waals surface area contributed by atoms with Gasteiger partial charge >= 0.3 is 0 Å². The van der Waals surface area contributed by atoms with Crippen molar-refractivity contribution in [3.8, 4) is 0 Å². The summed E-state index contributed by atoms with van der Waals surface area (Å²) in [4.78, 5) is 13.5. The zero-order valence-corrected chi connectivity index (χ0v) is 10.3. The van der Waals surface area contributed by atoms with Crippen LogP contribution in [0.5, 0.6) is 0 Å². The Balaban J connectivity index is 1.95. The van der Waals surface area contributed by atoms with Crippen molar-refractivity contribution in [3.05, 3.63) is 0 Å². The number of piperidine rings is 1. The van der Waals surface area contributed by atoms with E-state index in [0.717, 1.165) is 32.1 Å². The number of carbonyl (C=O) groups excluding carboxylic acids is 1. The molecule has 0 radical (unpaired) electrons. The maximum absolute atomic E-state index is 11.5. The average Bonchev–Trinajstić information content (AvgIpc) is 2.29. The Morgan fingerprint density at radius 1 is 1.25 bits per heavy atom. The summed E-state index contributed by atoms with van der Waals surface area (Å²) in [5.74, 6) is 0.943. The van der Waals surface area contributed by atoms with Crippen LogP contribution in [0.15, 0.2) is 0 Å². The Bertz CT molecular complexity index is 251. The molecule has 2 fully saturated rings. The molecule has 1 amide bonds. The lowest BCUT2D eigenvalue weighted by Crippen LogP contribution is -2.59. The summed E-state index contributed by atoms with van der Waals surface area (Å²) in [6, 6.07) is 0.923. The van der Waals surface area contributed by atoms with Crippen molar-refractivity contribution in [1.82, 2.24) is 15.5 Å². The summed E-state index contributed by atoms with van der Waals surface area (Å²) < 4.78 is 0. The fraction of sp³-hybridized carbons (Fsp3) is 0.917. The van der Waals surface area contributed by atoms with Crippen molar-refractivity contribution >= 4 is 5.91 Å². The molecule has 0 aromatic rings. The number of hydrogen-bond acceptors (Lipinski definition) is 3. The largest absolute Gasteiger partial charge is 0.340 e. The minimum absolute atomic E-state index is 0.215. The van der Waals surface area contributed by atoms with Gasteiger partial charge < -0.3 is 15.5 Å². The predicted molar refractivity (Wildman–Crippen MR) is 64.2 cm³/mol. The molecule has 0 saturated carbocycles. The summed E-state index contributed by atoms with van der Waals surface area (Å²) >= 11 is 0. The zero-order valence-electron chi connectivity index (χ0n) is 10.3. The van der Waals surface area contributed by atoms with Crippen LogP contribution in [-0.2, 0) is 4.79 Å². The molecule has 0 spiro atoms. The Hall–Kier alpha value is -0.610. The van der Waals surface area contributed by atoms with Gasteiger partial charge in [-0.05, 0) is 38.8 Å². The second-order valence-electron chi connectivity index (χ2n) is 5.19. The van der Waals surface area contributed by atoms with E-state index >= 15 is 0 Å². The van der Waals surface area contributed by atoms with Crippen LogP contribution in [-0.4, -0.2) is 49.1 Å². The number of piperazine rings is 1. The molecule has 16 heavy (non-hydrogen) atoms. The van der Waals surface area contributed by atoms with E-state index in [2.05, 4.69) is 17.6 Å². The van der Waals surface area contributed by atoms with Gasteiger partial charge in [0.1, 0.15) is 0 Å². The van der Waals surface area contributed by atoms with E-state index in [0.29, 0.717) is 12.1 Å². The molecular weight excluding hydrogens is 202 g/mol. The van der Waals surface area contributed by atoms with E-state index in [-0.39, 0.29) is 5.91 Å². The highest BCUT2D eigenvalue weighted by Gasteiger charge is 2.31. The number of amides is 1. The molecule has 2 atom stereocenters. The number of rotatable bonds is 1. The second-order valence-corrected chi connectivity index (χ2v) is 5.19. The lowest BCUT2D eigenvalue weighted by molar-refractivity contribution is -0.131. The number of nitrogens with one attached hydrogen (secondary N) is 2. The van der Waals surface area contributed by atoms with Gasteiger partial charge in [0, 0.05) is 32.1 Å². The molecule has 0 aromatic carbocycles. The van der Waals surface area contributed by atoms with E-state index in [1.54, 1.807) is 6.92 Å². The molecule has 2 aliphatic rings. The average molecular weight is 225 g/mol. The van der Waals surface area contributed by atoms with Crippen LogP contribution in [0.1, 0.15) is 26.7 Å². The van der Waals surface area contributed by atoms with Gasteiger partial charge in [0.25, 0.3) is 0 Å².